The van der Waals surface area contributed by atoms with Crippen molar-refractivity contribution < 1.29 is 23.8 Å². The van der Waals surface area contributed by atoms with E-state index in [0.29, 0.717) is 5.75 Å². The van der Waals surface area contributed by atoms with Gasteiger partial charge in [0.05, 0.1) is 7.11 Å². The largest absolute Gasteiger partial charge is 0.497 e. The summed E-state index contributed by atoms with van der Waals surface area (Å²) in [6.07, 6.45) is 0. The highest BCUT2D eigenvalue weighted by molar-refractivity contribution is 5.90. The lowest BCUT2D eigenvalue weighted by atomic mass is 10.2. The SMILES string of the molecule is COc1ccc(COc2cc(F)ccc2C(=O)O)cc1. The van der Waals surface area contributed by atoms with Crippen molar-refractivity contribution in [1.29, 1.82) is 0 Å². The topological polar surface area (TPSA) is 55.8 Å². The van der Waals surface area contributed by atoms with Crippen molar-refractivity contribution >= 4 is 5.97 Å². The molecular formula is C15H13FO4. The Kier molecular flexibility index (Phi) is 4.20. The average molecular weight is 276 g/mol. The van der Waals surface area contributed by atoms with Gasteiger partial charge in [-0.15, -0.1) is 0 Å². The zero-order valence-electron chi connectivity index (χ0n) is 10.8. The number of hydrogen-bond acceptors (Lipinski definition) is 3. The molecule has 0 saturated heterocycles. The van der Waals surface area contributed by atoms with Crippen molar-refractivity contribution in [1.82, 2.24) is 0 Å². The molecule has 0 saturated carbocycles. The number of benzene rings is 2. The molecule has 0 heterocycles. The molecule has 0 aliphatic rings. The summed E-state index contributed by atoms with van der Waals surface area (Å²) >= 11 is 0. The zero-order chi connectivity index (χ0) is 14.5. The van der Waals surface area contributed by atoms with E-state index in [4.69, 9.17) is 14.6 Å². The minimum atomic E-state index is -1.16. The molecule has 20 heavy (non-hydrogen) atoms. The molecule has 2 rings (SSSR count). The number of halogens is 1. The van der Waals surface area contributed by atoms with E-state index in [1.54, 1.807) is 31.4 Å². The van der Waals surface area contributed by atoms with Crippen LogP contribution in [0, 0.1) is 5.82 Å². The highest BCUT2D eigenvalue weighted by Gasteiger charge is 2.12. The van der Waals surface area contributed by atoms with Gasteiger partial charge in [-0.2, -0.15) is 0 Å². The molecule has 104 valence electrons. The Morgan fingerprint density at radius 1 is 1.20 bits per heavy atom. The summed E-state index contributed by atoms with van der Waals surface area (Å²) in [7, 11) is 1.57. The van der Waals surface area contributed by atoms with Gasteiger partial charge in [0.25, 0.3) is 0 Å². The van der Waals surface area contributed by atoms with Crippen LogP contribution in [0.3, 0.4) is 0 Å². The van der Waals surface area contributed by atoms with Crippen LogP contribution >= 0.6 is 0 Å². The summed E-state index contributed by atoms with van der Waals surface area (Å²) in [4.78, 5) is 11.0. The highest BCUT2D eigenvalue weighted by Crippen LogP contribution is 2.21. The third-order valence-corrected chi connectivity index (χ3v) is 2.73. The summed E-state index contributed by atoms with van der Waals surface area (Å²) in [6, 6.07) is 10.4. The standard InChI is InChI=1S/C15H13FO4/c1-19-12-5-2-10(3-6-12)9-20-14-8-11(16)4-7-13(14)15(17)18/h2-8H,9H2,1H3,(H,17,18). The second-order valence-corrected chi connectivity index (χ2v) is 4.08. The van der Waals surface area contributed by atoms with E-state index in [1.807, 2.05) is 0 Å². The number of aromatic carboxylic acids is 1. The van der Waals surface area contributed by atoms with E-state index < -0.39 is 11.8 Å². The first-order valence-electron chi connectivity index (χ1n) is 5.88. The summed E-state index contributed by atoms with van der Waals surface area (Å²) in [5.41, 5.74) is 0.756. The molecule has 0 aliphatic carbocycles. The van der Waals surface area contributed by atoms with E-state index in [-0.39, 0.29) is 17.9 Å². The van der Waals surface area contributed by atoms with Crippen molar-refractivity contribution in [3.63, 3.8) is 0 Å². The first kappa shape index (κ1) is 13.9. The van der Waals surface area contributed by atoms with Gasteiger partial charge in [0.2, 0.25) is 0 Å². The molecule has 0 aromatic heterocycles. The minimum absolute atomic E-state index is 0.00770. The molecule has 2 aromatic carbocycles. The van der Waals surface area contributed by atoms with Crippen molar-refractivity contribution in [2.75, 3.05) is 7.11 Å². The molecule has 0 atom stereocenters. The molecule has 0 spiro atoms. The van der Waals surface area contributed by atoms with Gasteiger partial charge in [-0.1, -0.05) is 12.1 Å². The molecule has 0 bridgehead atoms. The first-order chi connectivity index (χ1) is 9.60. The predicted molar refractivity (Wildman–Crippen MR) is 70.7 cm³/mol. The Hall–Kier alpha value is -2.56. The predicted octanol–water partition coefficient (Wildman–Crippen LogP) is 3.11. The molecule has 1 N–H and O–H groups in total. The van der Waals surface area contributed by atoms with E-state index >= 15 is 0 Å². The van der Waals surface area contributed by atoms with Crippen LogP contribution in [0.25, 0.3) is 0 Å². The van der Waals surface area contributed by atoms with Gasteiger partial charge in [-0.3, -0.25) is 0 Å². The lowest BCUT2D eigenvalue weighted by Crippen LogP contribution is -2.04. The summed E-state index contributed by atoms with van der Waals surface area (Å²) < 4.78 is 23.6. The van der Waals surface area contributed by atoms with Gasteiger partial charge in [0.15, 0.2) is 0 Å². The van der Waals surface area contributed by atoms with Gasteiger partial charge in [0.1, 0.15) is 29.5 Å². The molecule has 0 aliphatic heterocycles. The van der Waals surface area contributed by atoms with Gasteiger partial charge >= 0.3 is 5.97 Å². The first-order valence-corrected chi connectivity index (χ1v) is 5.88. The fourth-order valence-corrected chi connectivity index (χ4v) is 1.68. The Labute approximate surface area is 115 Å². The summed E-state index contributed by atoms with van der Waals surface area (Å²) in [5, 5.41) is 9.00. The third-order valence-electron chi connectivity index (χ3n) is 2.73. The van der Waals surface area contributed by atoms with Crippen LogP contribution in [-0.4, -0.2) is 18.2 Å². The third kappa shape index (κ3) is 3.26. The van der Waals surface area contributed by atoms with Gasteiger partial charge in [-0.05, 0) is 29.8 Å². The molecule has 0 fully saturated rings. The van der Waals surface area contributed by atoms with E-state index in [1.165, 1.54) is 6.07 Å². The van der Waals surface area contributed by atoms with Gasteiger partial charge in [-0.25, -0.2) is 9.18 Å². The monoisotopic (exact) mass is 276 g/mol. The number of carboxylic acids is 1. The smallest absolute Gasteiger partial charge is 0.339 e. The lowest BCUT2D eigenvalue weighted by molar-refractivity contribution is 0.0691. The maximum absolute atomic E-state index is 13.1. The van der Waals surface area contributed by atoms with Gasteiger partial charge in [0, 0.05) is 6.07 Å². The van der Waals surface area contributed by atoms with Crippen LogP contribution in [0.4, 0.5) is 4.39 Å². The van der Waals surface area contributed by atoms with Crippen LogP contribution in [-0.2, 0) is 6.61 Å². The maximum atomic E-state index is 13.1. The minimum Gasteiger partial charge on any atom is -0.497 e. The zero-order valence-corrected chi connectivity index (χ0v) is 10.8. The van der Waals surface area contributed by atoms with Crippen molar-refractivity contribution in [3.05, 3.63) is 59.4 Å². The van der Waals surface area contributed by atoms with Crippen molar-refractivity contribution in [3.8, 4) is 11.5 Å². The normalized spacial score (nSPS) is 10.1. The van der Waals surface area contributed by atoms with Crippen molar-refractivity contribution in [2.45, 2.75) is 6.61 Å². The molecule has 0 amide bonds. The van der Waals surface area contributed by atoms with E-state index in [9.17, 15) is 9.18 Å². The van der Waals surface area contributed by atoms with Gasteiger partial charge < -0.3 is 14.6 Å². The molecule has 4 nitrogen and oxygen atoms in total. The number of methoxy groups -OCH3 is 1. The quantitative estimate of drug-likeness (QED) is 0.911. The van der Waals surface area contributed by atoms with Crippen LogP contribution in [0.1, 0.15) is 15.9 Å². The number of rotatable bonds is 5. The van der Waals surface area contributed by atoms with Crippen molar-refractivity contribution in [2.24, 2.45) is 0 Å². The second-order valence-electron chi connectivity index (χ2n) is 4.08. The Morgan fingerprint density at radius 3 is 2.50 bits per heavy atom. The highest BCUT2D eigenvalue weighted by atomic mass is 19.1. The number of ether oxygens (including phenoxy) is 2. The Morgan fingerprint density at radius 2 is 1.90 bits per heavy atom. The molecule has 2 aromatic rings. The maximum Gasteiger partial charge on any atom is 0.339 e. The molecule has 5 heteroatoms. The molecule has 0 radical (unpaired) electrons. The fourth-order valence-electron chi connectivity index (χ4n) is 1.68. The van der Waals surface area contributed by atoms with Crippen LogP contribution in [0.2, 0.25) is 0 Å². The average Bonchev–Trinajstić information content (AvgIpc) is 2.45. The fraction of sp³-hybridized carbons (Fsp3) is 0.133. The summed E-state index contributed by atoms with van der Waals surface area (Å²) in [5.74, 6) is -0.978. The van der Waals surface area contributed by atoms with Crippen LogP contribution in [0.15, 0.2) is 42.5 Å². The number of carboxylic acid groups (broad SMARTS) is 1. The van der Waals surface area contributed by atoms with Crippen LogP contribution < -0.4 is 9.47 Å². The van der Waals surface area contributed by atoms with E-state index in [2.05, 4.69) is 0 Å². The lowest BCUT2D eigenvalue weighted by Gasteiger charge is -2.09. The Balaban J connectivity index is 2.13. The second kappa shape index (κ2) is 6.06. The molecule has 0 unspecified atom stereocenters. The van der Waals surface area contributed by atoms with Crippen LogP contribution in [0.5, 0.6) is 11.5 Å². The number of hydrogen-bond donors (Lipinski definition) is 1. The number of carbonyl (C=O) groups is 1. The Bertz CT molecular complexity index is 608. The summed E-state index contributed by atoms with van der Waals surface area (Å²) in [6.45, 7) is 0.147. The van der Waals surface area contributed by atoms with E-state index in [0.717, 1.165) is 17.7 Å². The molecular weight excluding hydrogens is 263 g/mol.